The van der Waals surface area contributed by atoms with Crippen LogP contribution in [0.5, 0.6) is 0 Å². The van der Waals surface area contributed by atoms with Crippen LogP contribution in [-0.4, -0.2) is 47.2 Å². The van der Waals surface area contributed by atoms with Gasteiger partial charge in [-0.25, -0.2) is 0 Å². The minimum atomic E-state index is -0.840. The van der Waals surface area contributed by atoms with Gasteiger partial charge in [0.25, 0.3) is 0 Å². The van der Waals surface area contributed by atoms with Crippen molar-refractivity contribution in [1.29, 1.82) is 0 Å². The molecule has 0 aromatic carbocycles. The van der Waals surface area contributed by atoms with E-state index in [0.29, 0.717) is 6.54 Å². The fourth-order valence-corrected chi connectivity index (χ4v) is 2.81. The van der Waals surface area contributed by atoms with Gasteiger partial charge in [-0.2, -0.15) is 0 Å². The number of carbonyl (C=O) groups is 1. The first-order valence-electron chi connectivity index (χ1n) is 7.11. The summed E-state index contributed by atoms with van der Waals surface area (Å²) in [6.07, 6.45) is 3.65. The van der Waals surface area contributed by atoms with Crippen LogP contribution in [0.4, 0.5) is 0 Å². The third-order valence-corrected chi connectivity index (χ3v) is 3.90. The zero-order chi connectivity index (χ0) is 13.8. The molecule has 4 nitrogen and oxygen atoms in total. The molecule has 1 heterocycles. The molecule has 1 aliphatic rings. The lowest BCUT2D eigenvalue weighted by Crippen LogP contribution is -2.59. The number of nitrogens with one attached hydrogen (secondary N) is 1. The average Bonchev–Trinajstić information content (AvgIpc) is 2.28. The van der Waals surface area contributed by atoms with E-state index in [1.807, 2.05) is 13.8 Å². The van der Waals surface area contributed by atoms with Gasteiger partial charge in [0.05, 0.1) is 0 Å². The van der Waals surface area contributed by atoms with E-state index in [1.54, 1.807) is 6.92 Å². The molecule has 0 saturated carbocycles. The van der Waals surface area contributed by atoms with Gasteiger partial charge in [0.2, 0.25) is 0 Å². The van der Waals surface area contributed by atoms with Crippen LogP contribution in [0.15, 0.2) is 0 Å². The molecule has 0 radical (unpaired) electrons. The van der Waals surface area contributed by atoms with Crippen LogP contribution in [-0.2, 0) is 4.79 Å². The third-order valence-electron chi connectivity index (χ3n) is 3.90. The highest BCUT2D eigenvalue weighted by Crippen LogP contribution is 2.21. The zero-order valence-corrected chi connectivity index (χ0v) is 12.2. The van der Waals surface area contributed by atoms with Gasteiger partial charge in [-0.3, -0.25) is 10.1 Å². The number of hydrogen-bond acceptors (Lipinski definition) is 3. The largest absolute Gasteiger partial charge is 0.480 e. The summed E-state index contributed by atoms with van der Waals surface area (Å²) in [5, 5.41) is 12.6. The zero-order valence-electron chi connectivity index (χ0n) is 12.2. The van der Waals surface area contributed by atoms with Crippen LogP contribution in [0.2, 0.25) is 0 Å². The Bertz CT molecular complexity index is 273. The Balaban J connectivity index is 2.54. The smallest absolute Gasteiger partial charge is 0.324 e. The fourth-order valence-electron chi connectivity index (χ4n) is 2.81. The molecule has 0 aliphatic carbocycles. The van der Waals surface area contributed by atoms with Gasteiger partial charge in [-0.1, -0.05) is 13.3 Å². The van der Waals surface area contributed by atoms with E-state index in [4.69, 9.17) is 0 Å². The normalized spacial score (nSPS) is 22.1. The Kier molecular flexibility index (Phi) is 5.60. The SMILES string of the molecule is CCC1CCN(CC(C)(NC(C)C)C(=O)O)CC1. The highest BCUT2D eigenvalue weighted by atomic mass is 16.4. The molecule has 1 aliphatic heterocycles. The molecule has 1 atom stereocenters. The van der Waals surface area contributed by atoms with Crippen LogP contribution in [0.25, 0.3) is 0 Å². The van der Waals surface area contributed by atoms with Gasteiger partial charge >= 0.3 is 5.97 Å². The molecular weight excluding hydrogens is 228 g/mol. The van der Waals surface area contributed by atoms with Crippen molar-refractivity contribution in [1.82, 2.24) is 10.2 Å². The van der Waals surface area contributed by atoms with Gasteiger partial charge in [-0.05, 0) is 52.6 Å². The highest BCUT2D eigenvalue weighted by Gasteiger charge is 2.36. The molecule has 1 rings (SSSR count). The molecule has 4 heteroatoms. The predicted octanol–water partition coefficient (Wildman–Crippen LogP) is 1.95. The Morgan fingerprint density at radius 1 is 1.44 bits per heavy atom. The molecular formula is C14H28N2O2. The summed E-state index contributed by atoms with van der Waals surface area (Å²) in [5.74, 6) is 0.0733. The molecule has 0 aromatic rings. The molecule has 1 saturated heterocycles. The second kappa shape index (κ2) is 6.53. The van der Waals surface area contributed by atoms with Crippen LogP contribution >= 0.6 is 0 Å². The lowest BCUT2D eigenvalue weighted by atomic mass is 9.92. The number of piperidine rings is 1. The van der Waals surface area contributed by atoms with E-state index in [-0.39, 0.29) is 6.04 Å². The lowest BCUT2D eigenvalue weighted by molar-refractivity contribution is -0.145. The highest BCUT2D eigenvalue weighted by molar-refractivity contribution is 5.78. The molecule has 0 amide bonds. The Morgan fingerprint density at radius 3 is 2.39 bits per heavy atom. The van der Waals surface area contributed by atoms with Crippen LogP contribution in [0, 0.1) is 5.92 Å². The predicted molar refractivity (Wildman–Crippen MR) is 73.8 cm³/mol. The summed E-state index contributed by atoms with van der Waals surface area (Å²) in [4.78, 5) is 13.7. The van der Waals surface area contributed by atoms with E-state index in [0.717, 1.165) is 19.0 Å². The molecule has 18 heavy (non-hydrogen) atoms. The monoisotopic (exact) mass is 256 g/mol. The first kappa shape index (κ1) is 15.4. The maximum atomic E-state index is 11.5. The minimum Gasteiger partial charge on any atom is -0.480 e. The lowest BCUT2D eigenvalue weighted by Gasteiger charge is -2.38. The van der Waals surface area contributed by atoms with E-state index >= 15 is 0 Å². The van der Waals surface area contributed by atoms with Gasteiger partial charge in [-0.15, -0.1) is 0 Å². The van der Waals surface area contributed by atoms with Crippen molar-refractivity contribution in [3.63, 3.8) is 0 Å². The van der Waals surface area contributed by atoms with Crippen LogP contribution < -0.4 is 5.32 Å². The fraction of sp³-hybridized carbons (Fsp3) is 0.929. The molecule has 2 N–H and O–H groups in total. The van der Waals surface area contributed by atoms with Gasteiger partial charge < -0.3 is 10.0 Å². The summed E-state index contributed by atoms with van der Waals surface area (Å²) >= 11 is 0. The summed E-state index contributed by atoms with van der Waals surface area (Å²) < 4.78 is 0. The maximum absolute atomic E-state index is 11.5. The summed E-state index contributed by atoms with van der Waals surface area (Å²) in [6.45, 7) is 10.7. The summed E-state index contributed by atoms with van der Waals surface area (Å²) in [6, 6.07) is 0.180. The van der Waals surface area contributed by atoms with Gasteiger partial charge in [0.15, 0.2) is 0 Å². The second-order valence-electron chi connectivity index (χ2n) is 6.06. The average molecular weight is 256 g/mol. The second-order valence-corrected chi connectivity index (χ2v) is 6.06. The third kappa shape index (κ3) is 4.25. The summed E-state index contributed by atoms with van der Waals surface area (Å²) in [7, 11) is 0. The van der Waals surface area contributed by atoms with Crippen molar-refractivity contribution in [2.45, 2.75) is 58.5 Å². The molecule has 106 valence electrons. The number of likely N-dealkylation sites (tertiary alicyclic amines) is 1. The molecule has 0 bridgehead atoms. The van der Waals surface area contributed by atoms with Crippen LogP contribution in [0.1, 0.15) is 47.0 Å². The van der Waals surface area contributed by atoms with Crippen molar-refractivity contribution in [2.75, 3.05) is 19.6 Å². The van der Waals surface area contributed by atoms with E-state index in [1.165, 1.54) is 19.3 Å². The van der Waals surface area contributed by atoms with E-state index in [9.17, 15) is 9.90 Å². The van der Waals surface area contributed by atoms with Crippen molar-refractivity contribution >= 4 is 5.97 Å². The van der Waals surface area contributed by atoms with Crippen molar-refractivity contribution in [3.8, 4) is 0 Å². The first-order chi connectivity index (χ1) is 8.37. The topological polar surface area (TPSA) is 52.6 Å². The quantitative estimate of drug-likeness (QED) is 0.762. The molecule has 1 unspecified atom stereocenters. The first-order valence-corrected chi connectivity index (χ1v) is 7.11. The van der Waals surface area contributed by atoms with E-state index < -0.39 is 11.5 Å². The Morgan fingerprint density at radius 2 is 2.00 bits per heavy atom. The standard InChI is InChI=1S/C14H28N2O2/c1-5-12-6-8-16(9-7-12)10-14(4,13(17)18)15-11(2)3/h11-12,15H,5-10H2,1-4H3,(H,17,18). The summed E-state index contributed by atoms with van der Waals surface area (Å²) in [5.41, 5.74) is -0.840. The number of aliphatic carboxylic acids is 1. The number of hydrogen-bond donors (Lipinski definition) is 2. The number of carboxylic acid groups (broad SMARTS) is 1. The number of carboxylic acids is 1. The Hall–Kier alpha value is -0.610. The van der Waals surface area contributed by atoms with Gasteiger partial charge in [0.1, 0.15) is 5.54 Å². The number of rotatable bonds is 6. The molecule has 0 aromatic heterocycles. The molecule has 1 fully saturated rings. The Labute approximate surface area is 111 Å². The van der Waals surface area contributed by atoms with Crippen molar-refractivity contribution < 1.29 is 9.90 Å². The van der Waals surface area contributed by atoms with Crippen molar-refractivity contribution in [2.24, 2.45) is 5.92 Å². The maximum Gasteiger partial charge on any atom is 0.324 e. The molecule has 0 spiro atoms. The minimum absolute atomic E-state index is 0.180. The number of nitrogens with zero attached hydrogens (tertiary/aromatic N) is 1. The van der Waals surface area contributed by atoms with Crippen LogP contribution in [0.3, 0.4) is 0 Å². The van der Waals surface area contributed by atoms with Gasteiger partial charge in [0, 0.05) is 12.6 Å². The van der Waals surface area contributed by atoms with E-state index in [2.05, 4.69) is 17.1 Å². The van der Waals surface area contributed by atoms with Crippen molar-refractivity contribution in [3.05, 3.63) is 0 Å².